The number of rotatable bonds is 5. The molecule has 1 aromatic carbocycles. The summed E-state index contributed by atoms with van der Waals surface area (Å²) in [5.74, 6) is -0.908. The van der Waals surface area contributed by atoms with Crippen LogP contribution >= 0.6 is 11.6 Å². The predicted molar refractivity (Wildman–Crippen MR) is 83.6 cm³/mol. The van der Waals surface area contributed by atoms with Crippen LogP contribution in [0, 0.1) is 16.0 Å². The Labute approximate surface area is 138 Å². The van der Waals surface area contributed by atoms with Crippen LogP contribution in [0.15, 0.2) is 18.2 Å². The molecule has 0 spiro atoms. The van der Waals surface area contributed by atoms with Gasteiger partial charge < -0.3 is 10.0 Å². The quantitative estimate of drug-likeness (QED) is 0.656. The smallest absolute Gasteiger partial charge is 0.303 e. The number of hydrogen-bond donors (Lipinski definition) is 1. The molecule has 0 saturated carbocycles. The van der Waals surface area contributed by atoms with Gasteiger partial charge in [0, 0.05) is 31.1 Å². The van der Waals surface area contributed by atoms with E-state index in [1.54, 1.807) is 4.90 Å². The molecule has 1 saturated heterocycles. The molecule has 1 fully saturated rings. The summed E-state index contributed by atoms with van der Waals surface area (Å²) in [6, 6.07) is 3.93. The highest BCUT2D eigenvalue weighted by Crippen LogP contribution is 2.27. The van der Waals surface area contributed by atoms with Crippen LogP contribution in [0.2, 0.25) is 5.02 Å². The Balaban J connectivity index is 2.06. The molecule has 1 amide bonds. The zero-order valence-electron chi connectivity index (χ0n) is 12.4. The van der Waals surface area contributed by atoms with E-state index >= 15 is 0 Å². The molecule has 1 aliphatic heterocycles. The van der Waals surface area contributed by atoms with Crippen LogP contribution in [0.3, 0.4) is 0 Å². The van der Waals surface area contributed by atoms with Crippen molar-refractivity contribution in [2.75, 3.05) is 13.1 Å². The third-order valence-corrected chi connectivity index (χ3v) is 4.27. The van der Waals surface area contributed by atoms with Gasteiger partial charge in [0.2, 0.25) is 0 Å². The minimum Gasteiger partial charge on any atom is -0.481 e. The largest absolute Gasteiger partial charge is 0.481 e. The number of piperidine rings is 1. The molecular weight excluding hydrogens is 324 g/mol. The van der Waals surface area contributed by atoms with Crippen LogP contribution < -0.4 is 0 Å². The number of carboxylic acids is 1. The van der Waals surface area contributed by atoms with E-state index in [0.717, 1.165) is 12.8 Å². The van der Waals surface area contributed by atoms with Crippen LogP contribution in [0.1, 0.15) is 36.0 Å². The van der Waals surface area contributed by atoms with Gasteiger partial charge in [-0.1, -0.05) is 11.6 Å². The normalized spacial score (nSPS) is 17.8. The summed E-state index contributed by atoms with van der Waals surface area (Å²) in [4.78, 5) is 35.0. The summed E-state index contributed by atoms with van der Waals surface area (Å²) in [6.45, 7) is 1.09. The third-order valence-electron chi connectivity index (χ3n) is 3.96. The number of halogens is 1. The first-order valence-corrected chi connectivity index (χ1v) is 7.71. The minimum atomic E-state index is -0.837. The van der Waals surface area contributed by atoms with Crippen molar-refractivity contribution >= 4 is 29.2 Å². The first-order chi connectivity index (χ1) is 10.9. The SMILES string of the molecule is O=C(O)CCC1CCCN(C(=O)c2ccc([N+](=O)[O-])c(Cl)c2)C1. The fraction of sp³-hybridized carbons (Fsp3) is 0.467. The lowest BCUT2D eigenvalue weighted by atomic mass is 9.93. The first kappa shape index (κ1) is 17.2. The second-order valence-corrected chi connectivity index (χ2v) is 6.02. The molecule has 1 aromatic rings. The van der Waals surface area contributed by atoms with Crippen LogP contribution in [-0.2, 0) is 4.79 Å². The predicted octanol–water partition coefficient (Wildman–Crippen LogP) is 2.97. The molecule has 1 aliphatic rings. The van der Waals surface area contributed by atoms with Crippen LogP contribution in [0.4, 0.5) is 5.69 Å². The van der Waals surface area contributed by atoms with Gasteiger partial charge in [0.1, 0.15) is 5.02 Å². The highest BCUT2D eigenvalue weighted by atomic mass is 35.5. The van der Waals surface area contributed by atoms with E-state index in [2.05, 4.69) is 0 Å². The van der Waals surface area contributed by atoms with E-state index in [4.69, 9.17) is 16.7 Å². The summed E-state index contributed by atoms with van der Waals surface area (Å²) in [7, 11) is 0. The number of carbonyl (C=O) groups excluding carboxylic acids is 1. The van der Waals surface area contributed by atoms with Gasteiger partial charge in [-0.3, -0.25) is 19.7 Å². The van der Waals surface area contributed by atoms with E-state index < -0.39 is 10.9 Å². The summed E-state index contributed by atoms with van der Waals surface area (Å²) in [6.07, 6.45) is 2.35. The van der Waals surface area contributed by atoms with Gasteiger partial charge in [0.15, 0.2) is 0 Å². The number of likely N-dealkylation sites (tertiary alicyclic amines) is 1. The van der Waals surface area contributed by atoms with E-state index in [1.807, 2.05) is 0 Å². The Morgan fingerprint density at radius 3 is 2.78 bits per heavy atom. The summed E-state index contributed by atoms with van der Waals surface area (Å²) < 4.78 is 0. The maximum Gasteiger partial charge on any atom is 0.303 e. The number of nitro groups is 1. The molecule has 1 heterocycles. The van der Waals surface area contributed by atoms with E-state index in [0.29, 0.717) is 25.1 Å². The molecule has 1 unspecified atom stereocenters. The highest BCUT2D eigenvalue weighted by molar-refractivity contribution is 6.33. The van der Waals surface area contributed by atoms with Gasteiger partial charge in [0.25, 0.3) is 11.6 Å². The van der Waals surface area contributed by atoms with Crippen molar-refractivity contribution in [3.05, 3.63) is 38.9 Å². The third kappa shape index (κ3) is 4.41. The molecular formula is C15H17ClN2O5. The molecule has 0 bridgehead atoms. The van der Waals surface area contributed by atoms with Crippen LogP contribution in [-0.4, -0.2) is 39.9 Å². The molecule has 124 valence electrons. The Morgan fingerprint density at radius 1 is 1.43 bits per heavy atom. The summed E-state index contributed by atoms with van der Waals surface area (Å²) in [5.41, 5.74) is 0.0701. The van der Waals surface area contributed by atoms with Crippen molar-refractivity contribution in [3.63, 3.8) is 0 Å². The fourth-order valence-electron chi connectivity index (χ4n) is 2.78. The lowest BCUT2D eigenvalue weighted by molar-refractivity contribution is -0.384. The van der Waals surface area contributed by atoms with Crippen molar-refractivity contribution in [2.45, 2.75) is 25.7 Å². The topological polar surface area (TPSA) is 101 Å². The maximum absolute atomic E-state index is 12.5. The Bertz CT molecular complexity index is 634. The molecule has 1 N–H and O–H groups in total. The second kappa shape index (κ2) is 7.41. The minimum absolute atomic E-state index is 0.0692. The van der Waals surface area contributed by atoms with Crippen molar-refractivity contribution in [1.29, 1.82) is 0 Å². The fourth-order valence-corrected chi connectivity index (χ4v) is 3.03. The van der Waals surface area contributed by atoms with Gasteiger partial charge in [-0.05, 0) is 37.3 Å². The maximum atomic E-state index is 12.5. The zero-order valence-corrected chi connectivity index (χ0v) is 13.2. The van der Waals surface area contributed by atoms with Gasteiger partial charge in [0.05, 0.1) is 4.92 Å². The van der Waals surface area contributed by atoms with Crippen LogP contribution in [0.25, 0.3) is 0 Å². The first-order valence-electron chi connectivity index (χ1n) is 7.33. The lowest BCUT2D eigenvalue weighted by Crippen LogP contribution is -2.40. The Morgan fingerprint density at radius 2 is 2.17 bits per heavy atom. The van der Waals surface area contributed by atoms with E-state index in [1.165, 1.54) is 18.2 Å². The van der Waals surface area contributed by atoms with Crippen LogP contribution in [0.5, 0.6) is 0 Å². The number of carbonyl (C=O) groups is 2. The Hall–Kier alpha value is -2.15. The second-order valence-electron chi connectivity index (χ2n) is 5.62. The molecule has 0 aliphatic carbocycles. The van der Waals surface area contributed by atoms with Crippen molar-refractivity contribution in [1.82, 2.24) is 4.90 Å². The molecule has 23 heavy (non-hydrogen) atoms. The molecule has 1 atom stereocenters. The number of benzene rings is 1. The zero-order chi connectivity index (χ0) is 17.0. The average molecular weight is 341 g/mol. The molecule has 7 nitrogen and oxygen atoms in total. The molecule has 0 radical (unpaired) electrons. The van der Waals surface area contributed by atoms with Crippen molar-refractivity contribution in [3.8, 4) is 0 Å². The van der Waals surface area contributed by atoms with Crippen molar-refractivity contribution in [2.24, 2.45) is 5.92 Å². The number of aliphatic carboxylic acids is 1. The van der Waals surface area contributed by atoms with Gasteiger partial charge >= 0.3 is 5.97 Å². The molecule has 0 aromatic heterocycles. The number of amides is 1. The summed E-state index contributed by atoms with van der Waals surface area (Å²) >= 11 is 5.84. The summed E-state index contributed by atoms with van der Waals surface area (Å²) in [5, 5.41) is 19.4. The van der Waals surface area contributed by atoms with E-state index in [9.17, 15) is 19.7 Å². The van der Waals surface area contributed by atoms with Gasteiger partial charge in [-0.25, -0.2) is 0 Å². The van der Waals surface area contributed by atoms with Gasteiger partial charge in [-0.15, -0.1) is 0 Å². The molecule has 8 heteroatoms. The molecule has 2 rings (SSSR count). The highest BCUT2D eigenvalue weighted by Gasteiger charge is 2.26. The lowest BCUT2D eigenvalue weighted by Gasteiger charge is -2.32. The standard InChI is InChI=1S/C15H17ClN2O5/c16-12-8-11(4-5-13(12)18(22)23)15(21)17-7-1-2-10(9-17)3-6-14(19)20/h4-5,8,10H,1-3,6-7,9H2,(H,19,20). The van der Waals surface area contributed by atoms with Crippen molar-refractivity contribution < 1.29 is 19.6 Å². The van der Waals surface area contributed by atoms with E-state index in [-0.39, 0.29) is 29.0 Å². The Kier molecular flexibility index (Phi) is 5.54. The number of hydrogen-bond acceptors (Lipinski definition) is 4. The number of nitro benzene ring substituents is 1. The number of nitrogens with zero attached hydrogens (tertiary/aromatic N) is 2. The average Bonchev–Trinajstić information content (AvgIpc) is 2.52. The monoisotopic (exact) mass is 340 g/mol. The van der Waals surface area contributed by atoms with Gasteiger partial charge in [-0.2, -0.15) is 0 Å². The number of carboxylic acid groups (broad SMARTS) is 1.